The third kappa shape index (κ3) is 4.26. The fraction of sp³-hybridized carbons (Fsp3) is 0.636. The van der Waals surface area contributed by atoms with Gasteiger partial charge in [0.05, 0.1) is 19.3 Å². The Morgan fingerprint density at radius 1 is 1.18 bits per heavy atom. The van der Waals surface area contributed by atoms with Crippen molar-refractivity contribution in [3.05, 3.63) is 23.8 Å². The molecule has 1 aliphatic heterocycles. The molecule has 2 aliphatic rings. The number of esters is 1. The zero-order chi connectivity index (χ0) is 20.5. The summed E-state index contributed by atoms with van der Waals surface area (Å²) in [6, 6.07) is 5.10. The van der Waals surface area contributed by atoms with Gasteiger partial charge in [-0.15, -0.1) is 0 Å². The molecule has 6 nitrogen and oxygen atoms in total. The Balaban J connectivity index is 1.62. The van der Waals surface area contributed by atoms with Gasteiger partial charge in [-0.25, -0.2) is 4.79 Å². The first-order chi connectivity index (χ1) is 13.2. The molecule has 1 saturated carbocycles. The van der Waals surface area contributed by atoms with Gasteiger partial charge in [-0.3, -0.25) is 4.79 Å². The lowest BCUT2D eigenvalue weighted by atomic mass is 9.65. The zero-order valence-electron chi connectivity index (χ0n) is 17.5. The predicted octanol–water partition coefficient (Wildman–Crippen LogP) is 3.68. The van der Waals surface area contributed by atoms with Crippen LogP contribution in [0, 0.1) is 10.8 Å². The van der Waals surface area contributed by atoms with E-state index in [1.807, 2.05) is 11.8 Å². The number of carbonyl (C=O) groups excluding carboxylic acids is 2. The molecular formula is C22H31NO5. The van der Waals surface area contributed by atoms with Crippen LogP contribution in [0.25, 0.3) is 0 Å². The van der Waals surface area contributed by atoms with Gasteiger partial charge in [0.15, 0.2) is 18.1 Å². The van der Waals surface area contributed by atoms with Gasteiger partial charge in [-0.05, 0) is 55.2 Å². The van der Waals surface area contributed by atoms with Crippen molar-refractivity contribution in [1.29, 1.82) is 0 Å². The fourth-order valence-electron chi connectivity index (χ4n) is 5.12. The Morgan fingerprint density at radius 2 is 1.93 bits per heavy atom. The Bertz CT molecular complexity index is 759. The molecule has 1 amide bonds. The fourth-order valence-corrected chi connectivity index (χ4v) is 5.12. The molecular weight excluding hydrogens is 358 g/mol. The van der Waals surface area contributed by atoms with Crippen molar-refractivity contribution in [2.45, 2.75) is 53.0 Å². The summed E-state index contributed by atoms with van der Waals surface area (Å²) in [7, 11) is 1.54. The van der Waals surface area contributed by atoms with Crippen LogP contribution >= 0.6 is 0 Å². The molecule has 0 spiro atoms. The van der Waals surface area contributed by atoms with Gasteiger partial charge < -0.3 is 19.1 Å². The molecule has 0 radical (unpaired) electrons. The minimum atomic E-state index is -0.536. The van der Waals surface area contributed by atoms with E-state index in [2.05, 4.69) is 20.8 Å². The second-order valence-corrected chi connectivity index (χ2v) is 9.11. The van der Waals surface area contributed by atoms with E-state index in [4.69, 9.17) is 14.2 Å². The van der Waals surface area contributed by atoms with Gasteiger partial charge in [0.1, 0.15) is 0 Å². The van der Waals surface area contributed by atoms with Crippen molar-refractivity contribution >= 4 is 11.9 Å². The third-order valence-electron chi connectivity index (χ3n) is 5.76. The molecule has 1 aromatic rings. The normalized spacial score (nSPS) is 25.3. The van der Waals surface area contributed by atoms with Crippen molar-refractivity contribution < 1.29 is 23.8 Å². The van der Waals surface area contributed by atoms with Gasteiger partial charge in [0.2, 0.25) is 0 Å². The minimum absolute atomic E-state index is 0.113. The highest BCUT2D eigenvalue weighted by Crippen LogP contribution is 2.52. The highest BCUT2D eigenvalue weighted by molar-refractivity contribution is 5.92. The summed E-state index contributed by atoms with van der Waals surface area (Å²) in [6.45, 7) is 9.62. The monoisotopic (exact) mass is 389 g/mol. The lowest BCUT2D eigenvalue weighted by molar-refractivity contribution is -0.135. The van der Waals surface area contributed by atoms with E-state index in [0.29, 0.717) is 23.7 Å². The number of likely N-dealkylation sites (tertiary alicyclic amines) is 1. The molecule has 2 atom stereocenters. The Hall–Kier alpha value is -2.24. The first-order valence-corrected chi connectivity index (χ1v) is 9.94. The number of hydrogen-bond acceptors (Lipinski definition) is 5. The average molecular weight is 389 g/mol. The van der Waals surface area contributed by atoms with Crippen LogP contribution in [0.1, 0.15) is 57.3 Å². The number of carbonyl (C=O) groups is 2. The highest BCUT2D eigenvalue weighted by atomic mass is 16.5. The summed E-state index contributed by atoms with van der Waals surface area (Å²) in [5.74, 6) is 0.382. The summed E-state index contributed by atoms with van der Waals surface area (Å²) in [5, 5.41) is 0. The Kier molecular flexibility index (Phi) is 5.60. The maximum Gasteiger partial charge on any atom is 0.338 e. The van der Waals surface area contributed by atoms with Crippen molar-refractivity contribution in [2.24, 2.45) is 10.8 Å². The van der Waals surface area contributed by atoms with E-state index < -0.39 is 5.97 Å². The first kappa shape index (κ1) is 20.5. The van der Waals surface area contributed by atoms with Crippen molar-refractivity contribution in [2.75, 3.05) is 26.9 Å². The quantitative estimate of drug-likeness (QED) is 0.695. The second kappa shape index (κ2) is 7.64. The van der Waals surface area contributed by atoms with Crippen LogP contribution in [0.15, 0.2) is 18.2 Å². The summed E-state index contributed by atoms with van der Waals surface area (Å²) in [6.07, 6.45) is 3.15. The molecule has 0 aromatic heterocycles. The van der Waals surface area contributed by atoms with Crippen LogP contribution in [0.3, 0.4) is 0 Å². The number of rotatable bonds is 6. The number of methoxy groups -OCH3 is 1. The van der Waals surface area contributed by atoms with Gasteiger partial charge in [0, 0.05) is 12.6 Å². The molecule has 2 fully saturated rings. The lowest BCUT2D eigenvalue weighted by Crippen LogP contribution is -2.39. The lowest BCUT2D eigenvalue weighted by Gasteiger charge is -2.39. The van der Waals surface area contributed by atoms with Crippen molar-refractivity contribution in [1.82, 2.24) is 4.90 Å². The predicted molar refractivity (Wildman–Crippen MR) is 106 cm³/mol. The number of hydrogen-bond donors (Lipinski definition) is 0. The molecule has 3 rings (SSSR count). The molecule has 154 valence electrons. The highest BCUT2D eigenvalue weighted by Gasteiger charge is 2.50. The van der Waals surface area contributed by atoms with Gasteiger partial charge >= 0.3 is 5.97 Å². The maximum absolute atomic E-state index is 12.8. The molecule has 1 heterocycles. The smallest absolute Gasteiger partial charge is 0.338 e. The van der Waals surface area contributed by atoms with Gasteiger partial charge in [0.25, 0.3) is 5.91 Å². The van der Waals surface area contributed by atoms with E-state index in [0.717, 1.165) is 25.8 Å². The summed E-state index contributed by atoms with van der Waals surface area (Å²) >= 11 is 0. The molecule has 0 unspecified atom stereocenters. The minimum Gasteiger partial charge on any atom is -0.493 e. The average Bonchev–Trinajstić information content (AvgIpc) is 2.88. The number of fused-ring (bicyclic) bond motifs is 2. The zero-order valence-corrected chi connectivity index (χ0v) is 17.5. The van der Waals surface area contributed by atoms with E-state index in [-0.39, 0.29) is 29.4 Å². The van der Waals surface area contributed by atoms with Crippen LogP contribution in [-0.4, -0.2) is 49.7 Å². The topological polar surface area (TPSA) is 65.1 Å². The van der Waals surface area contributed by atoms with Crippen molar-refractivity contribution in [3.8, 4) is 11.5 Å². The number of amides is 1. The largest absolute Gasteiger partial charge is 0.493 e. The van der Waals surface area contributed by atoms with Crippen LogP contribution < -0.4 is 9.47 Å². The molecule has 6 heteroatoms. The van der Waals surface area contributed by atoms with E-state index >= 15 is 0 Å². The molecule has 28 heavy (non-hydrogen) atoms. The van der Waals surface area contributed by atoms with E-state index in [1.165, 1.54) is 0 Å². The Labute approximate surface area is 167 Å². The molecule has 1 saturated heterocycles. The summed E-state index contributed by atoms with van der Waals surface area (Å²) in [4.78, 5) is 27.1. The SMILES string of the molecule is CCOc1cc(C(=O)OCC(=O)N2C[C@@]3(C)C[C@@H]2CC(C)(C)C3)ccc1OC. The summed E-state index contributed by atoms with van der Waals surface area (Å²) in [5.41, 5.74) is 0.738. The van der Waals surface area contributed by atoms with E-state index in [9.17, 15) is 9.59 Å². The van der Waals surface area contributed by atoms with Crippen LogP contribution in [0.4, 0.5) is 0 Å². The Morgan fingerprint density at radius 3 is 2.61 bits per heavy atom. The maximum atomic E-state index is 12.8. The number of nitrogens with zero attached hydrogens (tertiary/aromatic N) is 1. The number of ether oxygens (including phenoxy) is 3. The van der Waals surface area contributed by atoms with Crippen LogP contribution in [0.2, 0.25) is 0 Å². The molecule has 2 bridgehead atoms. The summed E-state index contributed by atoms with van der Waals surface area (Å²) < 4.78 is 16.0. The van der Waals surface area contributed by atoms with Crippen molar-refractivity contribution in [3.63, 3.8) is 0 Å². The number of benzene rings is 1. The van der Waals surface area contributed by atoms with Crippen LogP contribution in [-0.2, 0) is 9.53 Å². The standard InChI is InChI=1S/C22H31NO5/c1-6-27-18-9-15(7-8-17(18)26-5)20(25)28-12-19(24)23-14-22(4)11-16(23)10-21(2,3)13-22/h7-9,16H,6,10-14H2,1-5H3/t16-,22-/m0/s1. The first-order valence-electron chi connectivity index (χ1n) is 9.94. The van der Waals surface area contributed by atoms with Gasteiger partial charge in [-0.2, -0.15) is 0 Å². The molecule has 0 N–H and O–H groups in total. The van der Waals surface area contributed by atoms with Gasteiger partial charge in [-0.1, -0.05) is 20.8 Å². The molecule has 1 aliphatic carbocycles. The third-order valence-corrected chi connectivity index (χ3v) is 5.76. The van der Waals surface area contributed by atoms with E-state index in [1.54, 1.807) is 25.3 Å². The second-order valence-electron chi connectivity index (χ2n) is 9.11. The molecule has 1 aromatic carbocycles. The van der Waals surface area contributed by atoms with Crippen LogP contribution in [0.5, 0.6) is 11.5 Å².